The zero-order chi connectivity index (χ0) is 19.3. The number of carboxylic acid groups (broad SMARTS) is 1. The van der Waals surface area contributed by atoms with E-state index in [-0.39, 0.29) is 0 Å². The summed E-state index contributed by atoms with van der Waals surface area (Å²) in [5.74, 6) is 0.848. The number of hydrogen-bond acceptors (Lipinski definition) is 1. The molecule has 0 heterocycles. The fraction of sp³-hybridized carbons (Fsp3) is 0.560. The highest BCUT2D eigenvalue weighted by molar-refractivity contribution is 5.80. The highest BCUT2D eigenvalue weighted by atomic mass is 16.4. The van der Waals surface area contributed by atoms with E-state index >= 15 is 0 Å². The number of carbonyl (C=O) groups is 1. The largest absolute Gasteiger partial charge is 0.478 e. The molecule has 0 aliphatic heterocycles. The minimum Gasteiger partial charge on any atom is -0.478 e. The smallest absolute Gasteiger partial charge is 0.328 e. The number of unbranched alkanes of at least 4 members (excludes halogenated alkanes) is 3. The Labute approximate surface area is 165 Å². The van der Waals surface area contributed by atoms with Gasteiger partial charge in [0.1, 0.15) is 0 Å². The van der Waals surface area contributed by atoms with Gasteiger partial charge in [-0.2, -0.15) is 0 Å². The van der Waals surface area contributed by atoms with Gasteiger partial charge in [-0.3, -0.25) is 0 Å². The van der Waals surface area contributed by atoms with Gasteiger partial charge in [-0.15, -0.1) is 0 Å². The van der Waals surface area contributed by atoms with Crippen molar-refractivity contribution in [3.8, 4) is 0 Å². The molecule has 2 heteroatoms. The van der Waals surface area contributed by atoms with Crippen LogP contribution in [0.15, 0.2) is 48.6 Å². The van der Waals surface area contributed by atoms with Crippen LogP contribution in [0.5, 0.6) is 0 Å². The Morgan fingerprint density at radius 3 is 2.44 bits per heavy atom. The van der Waals surface area contributed by atoms with Gasteiger partial charge in [-0.25, -0.2) is 4.79 Å². The molecule has 0 aromatic heterocycles. The summed E-state index contributed by atoms with van der Waals surface area (Å²) in [6.07, 6.45) is 20.9. The van der Waals surface area contributed by atoms with Crippen molar-refractivity contribution in [3.63, 3.8) is 0 Å². The molecule has 0 atom stereocenters. The Bertz CT molecular complexity index is 589. The van der Waals surface area contributed by atoms with Gasteiger partial charge in [0.15, 0.2) is 0 Å². The summed E-state index contributed by atoms with van der Waals surface area (Å²) in [5.41, 5.74) is 2.94. The first-order valence-electron chi connectivity index (χ1n) is 10.8. The van der Waals surface area contributed by atoms with Crippen molar-refractivity contribution in [3.05, 3.63) is 59.7 Å². The average molecular weight is 369 g/mol. The van der Waals surface area contributed by atoms with E-state index in [0.29, 0.717) is 0 Å². The Hall–Kier alpha value is -1.83. The van der Waals surface area contributed by atoms with Crippen LogP contribution in [-0.4, -0.2) is 11.1 Å². The van der Waals surface area contributed by atoms with E-state index in [1.807, 2.05) is 12.2 Å². The number of carboxylic acids is 1. The van der Waals surface area contributed by atoms with Gasteiger partial charge in [0, 0.05) is 6.08 Å². The molecule has 0 saturated heterocycles. The van der Waals surface area contributed by atoms with Gasteiger partial charge in [0.25, 0.3) is 0 Å². The van der Waals surface area contributed by atoms with Crippen molar-refractivity contribution in [1.82, 2.24) is 0 Å². The first-order valence-corrected chi connectivity index (χ1v) is 10.8. The van der Waals surface area contributed by atoms with Crippen LogP contribution in [0.25, 0.3) is 0 Å². The number of allylic oxidation sites excluding steroid dienone is 3. The molecule has 0 bridgehead atoms. The number of aliphatic carboxylic acids is 1. The lowest BCUT2D eigenvalue weighted by Crippen LogP contribution is -2.13. The predicted molar refractivity (Wildman–Crippen MR) is 114 cm³/mol. The summed E-state index contributed by atoms with van der Waals surface area (Å²) in [6.45, 7) is 2.29. The summed E-state index contributed by atoms with van der Waals surface area (Å²) in [7, 11) is 0. The molecule has 0 radical (unpaired) electrons. The van der Waals surface area contributed by atoms with Crippen molar-refractivity contribution >= 4 is 5.97 Å². The molecular weight excluding hydrogens is 332 g/mol. The van der Waals surface area contributed by atoms with Gasteiger partial charge in [-0.1, -0.05) is 75.1 Å². The van der Waals surface area contributed by atoms with Crippen molar-refractivity contribution in [1.29, 1.82) is 0 Å². The van der Waals surface area contributed by atoms with Gasteiger partial charge >= 0.3 is 5.97 Å². The van der Waals surface area contributed by atoms with Gasteiger partial charge in [0.05, 0.1) is 0 Å². The molecule has 2 nitrogen and oxygen atoms in total. The maximum Gasteiger partial charge on any atom is 0.328 e. The van der Waals surface area contributed by atoms with E-state index in [1.54, 1.807) is 6.08 Å². The standard InChI is InChI=1S/C25H36O2/c1-2-3-7-10-21-13-17-23(18-14-21)24-19-15-22(16-20-24)11-8-5-4-6-9-12-25(26)27/h4,6,9,12,15-16,19-21,23H,2-3,5,7-8,10-11,13-14,17-18H2,1H3,(H,26,27). The lowest BCUT2D eigenvalue weighted by Gasteiger charge is -2.29. The van der Waals surface area contributed by atoms with Crippen LogP contribution in [0, 0.1) is 5.92 Å². The summed E-state index contributed by atoms with van der Waals surface area (Å²) in [6, 6.07) is 9.30. The van der Waals surface area contributed by atoms with E-state index in [4.69, 9.17) is 5.11 Å². The van der Waals surface area contributed by atoms with Crippen LogP contribution in [0.2, 0.25) is 0 Å². The second kappa shape index (κ2) is 12.5. The quantitative estimate of drug-likeness (QED) is 0.258. The molecule has 1 aromatic carbocycles. The van der Waals surface area contributed by atoms with Gasteiger partial charge in [0.2, 0.25) is 0 Å². The van der Waals surface area contributed by atoms with E-state index < -0.39 is 5.97 Å². The first kappa shape index (κ1) is 21.5. The summed E-state index contributed by atoms with van der Waals surface area (Å²) in [4.78, 5) is 10.4. The van der Waals surface area contributed by atoms with Crippen LogP contribution in [0.4, 0.5) is 0 Å². The molecule has 0 spiro atoms. The third kappa shape index (κ3) is 8.60. The van der Waals surface area contributed by atoms with E-state index in [2.05, 4.69) is 31.2 Å². The monoisotopic (exact) mass is 368 g/mol. The molecule has 1 fully saturated rings. The third-order valence-electron chi connectivity index (χ3n) is 5.84. The van der Waals surface area contributed by atoms with Crippen molar-refractivity contribution < 1.29 is 9.90 Å². The maximum atomic E-state index is 10.4. The zero-order valence-electron chi connectivity index (χ0n) is 16.9. The number of rotatable bonds is 11. The highest BCUT2D eigenvalue weighted by Crippen LogP contribution is 2.37. The van der Waals surface area contributed by atoms with Crippen LogP contribution in [-0.2, 0) is 11.2 Å². The van der Waals surface area contributed by atoms with Gasteiger partial charge < -0.3 is 5.11 Å². The van der Waals surface area contributed by atoms with Crippen LogP contribution in [0.1, 0.15) is 88.2 Å². The molecule has 0 amide bonds. The van der Waals surface area contributed by atoms with Crippen molar-refractivity contribution in [2.45, 2.75) is 83.5 Å². The minimum atomic E-state index is -0.898. The second-order valence-corrected chi connectivity index (χ2v) is 7.97. The maximum absolute atomic E-state index is 10.4. The SMILES string of the molecule is CCCCCC1CCC(c2ccc(CCCC=CC=CC(=O)O)cc2)CC1. The Morgan fingerprint density at radius 1 is 1.04 bits per heavy atom. The number of hydrogen-bond donors (Lipinski definition) is 1. The second-order valence-electron chi connectivity index (χ2n) is 7.97. The molecule has 1 aliphatic carbocycles. The van der Waals surface area contributed by atoms with Crippen LogP contribution in [0.3, 0.4) is 0 Å². The lowest BCUT2D eigenvalue weighted by atomic mass is 9.77. The fourth-order valence-electron chi connectivity index (χ4n) is 4.16. The first-order chi connectivity index (χ1) is 13.2. The molecule has 1 N–H and O–H groups in total. The summed E-state index contributed by atoms with van der Waals surface area (Å²) >= 11 is 0. The third-order valence-corrected chi connectivity index (χ3v) is 5.84. The number of aryl methyl sites for hydroxylation is 1. The lowest BCUT2D eigenvalue weighted by molar-refractivity contribution is -0.131. The van der Waals surface area contributed by atoms with E-state index in [0.717, 1.165) is 37.2 Å². The molecule has 1 saturated carbocycles. The van der Waals surface area contributed by atoms with Crippen LogP contribution >= 0.6 is 0 Å². The summed E-state index contributed by atoms with van der Waals surface area (Å²) < 4.78 is 0. The van der Waals surface area contributed by atoms with Gasteiger partial charge in [-0.05, 0) is 67.9 Å². The van der Waals surface area contributed by atoms with E-state index in [9.17, 15) is 4.79 Å². The minimum absolute atomic E-state index is 0.769. The number of benzene rings is 1. The zero-order valence-corrected chi connectivity index (χ0v) is 16.9. The molecule has 27 heavy (non-hydrogen) atoms. The average Bonchev–Trinajstić information content (AvgIpc) is 2.68. The molecule has 1 aliphatic rings. The molecular formula is C25H36O2. The van der Waals surface area contributed by atoms with E-state index in [1.165, 1.54) is 62.5 Å². The topological polar surface area (TPSA) is 37.3 Å². The van der Waals surface area contributed by atoms with Crippen molar-refractivity contribution in [2.24, 2.45) is 5.92 Å². The normalized spacial score (nSPS) is 20.5. The van der Waals surface area contributed by atoms with Crippen molar-refractivity contribution in [2.75, 3.05) is 0 Å². The molecule has 148 valence electrons. The van der Waals surface area contributed by atoms with Crippen LogP contribution < -0.4 is 0 Å². The molecule has 0 unspecified atom stereocenters. The highest BCUT2D eigenvalue weighted by Gasteiger charge is 2.21. The Morgan fingerprint density at radius 2 is 1.78 bits per heavy atom. The molecule has 2 rings (SSSR count). The predicted octanol–water partition coefficient (Wildman–Crippen LogP) is 7.06. The molecule has 1 aromatic rings. The summed E-state index contributed by atoms with van der Waals surface area (Å²) in [5, 5.41) is 8.52. The fourth-order valence-corrected chi connectivity index (χ4v) is 4.16. The Kier molecular flexibility index (Phi) is 9.97. The Balaban J connectivity index is 1.67.